The molecule has 4 aromatic carbocycles. The SMILES string of the molecule is FC(F)(F)c1ccc(-c2cccc3c2C=C(C2CCCC2)[CH]3[Hf+2]2([CH]3C(C4CCCC4)=Cc4c(-c5ccc(C(F)(F)F)cc5)cccc43)[CH2][CH2]2)cc1.[Cl-].[Cl-]. The summed E-state index contributed by atoms with van der Waals surface area (Å²) in [6.45, 7) is 0. The van der Waals surface area contributed by atoms with Gasteiger partial charge in [-0.2, -0.15) is 0 Å². The van der Waals surface area contributed by atoms with Crippen LogP contribution in [0.2, 0.25) is 8.35 Å². The van der Waals surface area contributed by atoms with Crippen LogP contribution >= 0.6 is 0 Å². The van der Waals surface area contributed by atoms with Crippen LogP contribution in [0.25, 0.3) is 34.4 Å². The van der Waals surface area contributed by atoms with E-state index < -0.39 is 43.4 Å². The van der Waals surface area contributed by atoms with Crippen LogP contribution in [-0.4, -0.2) is 0 Å². The molecule has 0 aromatic heterocycles. The van der Waals surface area contributed by atoms with Crippen LogP contribution in [0.5, 0.6) is 0 Å². The average molecular weight is 932 g/mol. The molecule has 0 bridgehead atoms. The van der Waals surface area contributed by atoms with E-state index in [1.807, 2.05) is 0 Å². The number of benzene rings is 4. The van der Waals surface area contributed by atoms with E-state index in [1.165, 1.54) is 106 Å². The molecule has 2 atom stereocenters. The first kappa shape index (κ1) is 38.7. The summed E-state index contributed by atoms with van der Waals surface area (Å²) in [5.74, 6) is 1.08. The molecule has 0 amide bonds. The van der Waals surface area contributed by atoms with E-state index in [9.17, 15) is 26.3 Å². The van der Waals surface area contributed by atoms with Gasteiger partial charge < -0.3 is 24.8 Å². The van der Waals surface area contributed by atoms with Gasteiger partial charge in [0.2, 0.25) is 0 Å². The third-order valence-corrected chi connectivity index (χ3v) is 31.7. The Hall–Kier alpha value is -2.61. The van der Waals surface area contributed by atoms with Crippen molar-refractivity contribution in [2.45, 2.75) is 79.4 Å². The van der Waals surface area contributed by atoms with Crippen LogP contribution in [0.15, 0.2) is 96.1 Å². The summed E-state index contributed by atoms with van der Waals surface area (Å²) in [6.07, 6.45) is 5.90. The Morgan fingerprint density at radius 3 is 1.15 bits per heavy atom. The molecule has 0 spiro atoms. The summed E-state index contributed by atoms with van der Waals surface area (Å²) in [5, 5.41) is 0. The average Bonchev–Trinajstić information content (AvgIpc) is 3.65. The van der Waals surface area contributed by atoms with Crippen molar-refractivity contribution in [3.63, 3.8) is 0 Å². The van der Waals surface area contributed by atoms with Gasteiger partial charge in [-0.15, -0.1) is 0 Å². The van der Waals surface area contributed by atoms with E-state index in [0.29, 0.717) is 19.2 Å². The molecule has 53 heavy (non-hydrogen) atoms. The zero-order valence-electron chi connectivity index (χ0n) is 29.1. The largest absolute Gasteiger partial charge is 1.00 e. The molecular formula is C44H40Cl2F6Hf. The Morgan fingerprint density at radius 2 is 0.830 bits per heavy atom. The molecular weight excluding hydrogens is 892 g/mol. The monoisotopic (exact) mass is 932 g/mol. The van der Waals surface area contributed by atoms with Gasteiger partial charge in [0.25, 0.3) is 0 Å². The van der Waals surface area contributed by atoms with E-state index in [1.54, 1.807) is 35.4 Å². The quantitative estimate of drug-likeness (QED) is 0.136. The zero-order chi connectivity index (χ0) is 35.1. The van der Waals surface area contributed by atoms with Crippen molar-refractivity contribution in [3.8, 4) is 22.3 Å². The predicted octanol–water partition coefficient (Wildman–Crippen LogP) is 8.03. The minimum atomic E-state index is -4.38. The minimum absolute atomic E-state index is 0. The van der Waals surface area contributed by atoms with Crippen molar-refractivity contribution in [1.82, 2.24) is 0 Å². The number of hydrogen-bond donors (Lipinski definition) is 0. The Kier molecular flexibility index (Phi) is 10.6. The Bertz CT molecular complexity index is 1900. The molecule has 2 unspecified atom stereocenters. The van der Waals surface area contributed by atoms with Crippen molar-refractivity contribution in [1.29, 1.82) is 0 Å². The molecule has 1 heterocycles. The number of allylic oxidation sites excluding steroid dienone is 2. The normalized spacial score (nSPS) is 21.5. The fourth-order valence-electron chi connectivity index (χ4n) is 10.4. The van der Waals surface area contributed by atoms with Gasteiger partial charge in [-0.05, 0) is 0 Å². The van der Waals surface area contributed by atoms with Gasteiger partial charge in [-0.3, -0.25) is 0 Å². The first-order valence-corrected chi connectivity index (χ1v) is 27.8. The second-order valence-corrected chi connectivity index (χ2v) is 32.2. The maximum atomic E-state index is 13.5. The third-order valence-electron chi connectivity index (χ3n) is 12.9. The molecule has 3 fully saturated rings. The second kappa shape index (κ2) is 14.5. The topological polar surface area (TPSA) is 0 Å². The van der Waals surface area contributed by atoms with Gasteiger partial charge in [-0.25, -0.2) is 0 Å². The van der Waals surface area contributed by atoms with Crippen LogP contribution < -0.4 is 24.8 Å². The Balaban J connectivity index is 0.00000218. The van der Waals surface area contributed by atoms with Gasteiger partial charge in [0.05, 0.1) is 0 Å². The fraction of sp³-hybridized carbons (Fsp3) is 0.364. The van der Waals surface area contributed by atoms with Crippen molar-refractivity contribution in [2.24, 2.45) is 11.8 Å². The van der Waals surface area contributed by atoms with E-state index in [4.69, 9.17) is 0 Å². The van der Waals surface area contributed by atoms with E-state index in [-0.39, 0.29) is 24.8 Å². The van der Waals surface area contributed by atoms with E-state index in [2.05, 4.69) is 48.6 Å². The number of rotatable bonds is 6. The maximum Gasteiger partial charge on any atom is -1.00 e. The van der Waals surface area contributed by atoms with Gasteiger partial charge in [0.15, 0.2) is 0 Å². The maximum absolute atomic E-state index is 13.5. The van der Waals surface area contributed by atoms with Crippen LogP contribution in [0.1, 0.15) is 92.1 Å². The van der Waals surface area contributed by atoms with Crippen LogP contribution in [0.4, 0.5) is 26.3 Å². The first-order valence-electron chi connectivity index (χ1n) is 18.6. The van der Waals surface area contributed by atoms with Crippen molar-refractivity contribution < 1.29 is 71.1 Å². The van der Waals surface area contributed by atoms with Crippen LogP contribution in [0, 0.1) is 11.8 Å². The molecule has 0 radical (unpaired) electrons. The van der Waals surface area contributed by atoms with Crippen molar-refractivity contribution >= 4 is 12.2 Å². The van der Waals surface area contributed by atoms with Crippen molar-refractivity contribution in [2.75, 3.05) is 0 Å². The van der Waals surface area contributed by atoms with Crippen LogP contribution in [-0.2, 0) is 32.3 Å². The molecule has 0 nitrogen and oxygen atoms in total. The molecule has 0 N–H and O–H groups in total. The summed E-state index contributed by atoms with van der Waals surface area (Å²) in [6, 6.07) is 24.3. The number of fused-ring (bicyclic) bond motifs is 2. The summed E-state index contributed by atoms with van der Waals surface area (Å²) in [7, 11) is 0. The summed E-state index contributed by atoms with van der Waals surface area (Å²) in [5.41, 5.74) is 10.8. The number of hydrogen-bond acceptors (Lipinski definition) is 0. The van der Waals surface area contributed by atoms with E-state index in [0.717, 1.165) is 22.3 Å². The molecule has 9 heteroatoms. The molecule has 276 valence electrons. The van der Waals surface area contributed by atoms with Gasteiger partial charge >= 0.3 is 301 Å². The molecule has 4 aromatic rings. The molecule has 9 rings (SSSR count). The van der Waals surface area contributed by atoms with Crippen molar-refractivity contribution in [3.05, 3.63) is 129 Å². The van der Waals surface area contributed by atoms with Gasteiger partial charge in [0, 0.05) is 0 Å². The minimum Gasteiger partial charge on any atom is -1.00 e. The number of alkyl halides is 6. The zero-order valence-corrected chi connectivity index (χ0v) is 34.2. The Morgan fingerprint density at radius 1 is 0.472 bits per heavy atom. The molecule has 1 saturated heterocycles. The van der Waals surface area contributed by atoms with Crippen LogP contribution in [0.3, 0.4) is 0 Å². The number of halogens is 8. The molecule has 4 aliphatic carbocycles. The predicted molar refractivity (Wildman–Crippen MR) is 189 cm³/mol. The first-order chi connectivity index (χ1) is 24.5. The molecule has 5 aliphatic rings. The third kappa shape index (κ3) is 6.73. The molecule has 2 saturated carbocycles. The second-order valence-electron chi connectivity index (χ2n) is 15.6. The van der Waals surface area contributed by atoms with Gasteiger partial charge in [0.1, 0.15) is 0 Å². The summed E-state index contributed by atoms with van der Waals surface area (Å²) < 4.78 is 84.4. The Labute approximate surface area is 324 Å². The fourth-order valence-corrected chi connectivity index (χ4v) is 38.6. The summed E-state index contributed by atoms with van der Waals surface area (Å²) >= 11 is -3.34. The smallest absolute Gasteiger partial charge is 1.00 e. The van der Waals surface area contributed by atoms with Gasteiger partial charge in [-0.1, -0.05) is 0 Å². The standard InChI is InChI=1S/2C21H18F3.C2H4.2ClH.Hf/c2*22-21(23,24)18-10-8-15(9-11-18)19-7-3-6-16-12-17(13-20(16)19)14-4-1-2-5-14;1-2;;;/h2*3,6-14H,1-2,4-5H2;1-2H2;2*1H;/q;;;;;+2/p-2. The summed E-state index contributed by atoms with van der Waals surface area (Å²) in [4.78, 5) is 0. The molecule has 1 aliphatic heterocycles. The van der Waals surface area contributed by atoms with E-state index >= 15 is 0 Å².